The molecule has 0 aliphatic rings. The Balaban J connectivity index is 2.37. The van der Waals surface area contributed by atoms with Gasteiger partial charge in [-0.15, -0.1) is 0 Å². The lowest BCUT2D eigenvalue weighted by atomic mass is 10.1. The summed E-state index contributed by atoms with van der Waals surface area (Å²) in [5.41, 5.74) is 6.65. The summed E-state index contributed by atoms with van der Waals surface area (Å²) in [6.07, 6.45) is 0. The predicted molar refractivity (Wildman–Crippen MR) is 59.2 cm³/mol. The molecule has 1 aromatic carbocycles. The third kappa shape index (κ3) is 2.12. The lowest BCUT2D eigenvalue weighted by Crippen LogP contribution is -2.14. The Morgan fingerprint density at radius 2 is 2.25 bits per heavy atom. The highest BCUT2D eigenvalue weighted by Gasteiger charge is 2.17. The summed E-state index contributed by atoms with van der Waals surface area (Å²) in [4.78, 5) is 4.03. The van der Waals surface area contributed by atoms with Gasteiger partial charge in [0.2, 0.25) is 5.89 Å². The molecule has 1 heterocycles. The molecular formula is C10H9BrFN3O. The van der Waals surface area contributed by atoms with Crippen molar-refractivity contribution in [1.29, 1.82) is 0 Å². The number of hydrogen-bond donors (Lipinski definition) is 1. The zero-order valence-electron chi connectivity index (χ0n) is 8.45. The SMILES string of the molecule is Cc1nc(C(N)c2ccc(F)cc2Br)no1. The number of aryl methyl sites for hydroxylation is 1. The summed E-state index contributed by atoms with van der Waals surface area (Å²) in [5.74, 6) is 0.501. The number of halogens is 2. The Kier molecular flexibility index (Phi) is 3.02. The highest BCUT2D eigenvalue weighted by Crippen LogP contribution is 2.26. The molecule has 0 aliphatic carbocycles. The van der Waals surface area contributed by atoms with E-state index in [1.165, 1.54) is 12.1 Å². The van der Waals surface area contributed by atoms with Crippen LogP contribution in [0.4, 0.5) is 4.39 Å². The van der Waals surface area contributed by atoms with E-state index in [0.717, 1.165) is 0 Å². The van der Waals surface area contributed by atoms with E-state index in [0.29, 0.717) is 21.8 Å². The molecule has 4 nitrogen and oxygen atoms in total. The van der Waals surface area contributed by atoms with Gasteiger partial charge < -0.3 is 10.3 Å². The minimum Gasteiger partial charge on any atom is -0.340 e. The molecule has 16 heavy (non-hydrogen) atoms. The quantitative estimate of drug-likeness (QED) is 0.920. The van der Waals surface area contributed by atoms with Crippen LogP contribution in [0, 0.1) is 12.7 Å². The molecule has 1 unspecified atom stereocenters. The van der Waals surface area contributed by atoms with Crippen molar-refractivity contribution in [2.45, 2.75) is 13.0 Å². The maximum Gasteiger partial charge on any atom is 0.223 e. The van der Waals surface area contributed by atoms with Crippen LogP contribution in [0.3, 0.4) is 0 Å². The van der Waals surface area contributed by atoms with Crippen LogP contribution in [-0.2, 0) is 0 Å². The highest BCUT2D eigenvalue weighted by molar-refractivity contribution is 9.10. The van der Waals surface area contributed by atoms with Gasteiger partial charge in [0.1, 0.15) is 5.82 Å². The van der Waals surface area contributed by atoms with Gasteiger partial charge in [0.05, 0.1) is 6.04 Å². The average Bonchev–Trinajstić information content (AvgIpc) is 2.64. The van der Waals surface area contributed by atoms with Gasteiger partial charge in [-0.25, -0.2) is 4.39 Å². The van der Waals surface area contributed by atoms with Crippen LogP contribution in [0.1, 0.15) is 23.3 Å². The minimum atomic E-state index is -0.535. The van der Waals surface area contributed by atoms with Crippen molar-refractivity contribution < 1.29 is 8.91 Å². The van der Waals surface area contributed by atoms with Crippen molar-refractivity contribution in [3.63, 3.8) is 0 Å². The lowest BCUT2D eigenvalue weighted by molar-refractivity contribution is 0.385. The smallest absolute Gasteiger partial charge is 0.223 e. The fourth-order valence-electron chi connectivity index (χ4n) is 1.33. The topological polar surface area (TPSA) is 64.9 Å². The summed E-state index contributed by atoms with van der Waals surface area (Å²) >= 11 is 3.25. The Morgan fingerprint density at radius 1 is 1.50 bits per heavy atom. The van der Waals surface area contributed by atoms with Gasteiger partial charge in [0.15, 0.2) is 5.82 Å². The molecule has 0 fully saturated rings. The van der Waals surface area contributed by atoms with Crippen molar-refractivity contribution in [1.82, 2.24) is 10.1 Å². The molecule has 1 aromatic heterocycles. The number of rotatable bonds is 2. The minimum absolute atomic E-state index is 0.327. The summed E-state index contributed by atoms with van der Waals surface area (Å²) in [6, 6.07) is 3.75. The van der Waals surface area contributed by atoms with Gasteiger partial charge in [0, 0.05) is 11.4 Å². The molecule has 2 aromatic rings. The monoisotopic (exact) mass is 285 g/mol. The van der Waals surface area contributed by atoms with Gasteiger partial charge in [-0.3, -0.25) is 0 Å². The number of benzene rings is 1. The zero-order chi connectivity index (χ0) is 11.7. The average molecular weight is 286 g/mol. The molecule has 0 saturated heterocycles. The molecule has 84 valence electrons. The van der Waals surface area contributed by atoms with Crippen LogP contribution in [0.5, 0.6) is 0 Å². The van der Waals surface area contributed by atoms with E-state index in [4.69, 9.17) is 10.3 Å². The number of aromatic nitrogens is 2. The summed E-state index contributed by atoms with van der Waals surface area (Å²) in [7, 11) is 0. The fraction of sp³-hybridized carbons (Fsp3) is 0.200. The molecule has 0 aliphatic heterocycles. The van der Waals surface area contributed by atoms with E-state index >= 15 is 0 Å². The van der Waals surface area contributed by atoms with Crippen LogP contribution in [0.15, 0.2) is 27.2 Å². The van der Waals surface area contributed by atoms with Gasteiger partial charge in [0.25, 0.3) is 0 Å². The van der Waals surface area contributed by atoms with E-state index in [-0.39, 0.29) is 5.82 Å². The first-order chi connectivity index (χ1) is 7.58. The summed E-state index contributed by atoms with van der Waals surface area (Å²) in [6.45, 7) is 1.68. The summed E-state index contributed by atoms with van der Waals surface area (Å²) < 4.78 is 18.3. The highest BCUT2D eigenvalue weighted by atomic mass is 79.9. The van der Waals surface area contributed by atoms with Crippen LogP contribution < -0.4 is 5.73 Å². The molecule has 2 rings (SSSR count). The third-order valence-electron chi connectivity index (χ3n) is 2.12. The normalized spacial score (nSPS) is 12.8. The van der Waals surface area contributed by atoms with Crippen molar-refractivity contribution in [2.75, 3.05) is 0 Å². The van der Waals surface area contributed by atoms with Crippen molar-refractivity contribution >= 4 is 15.9 Å². The van der Waals surface area contributed by atoms with Crippen molar-refractivity contribution in [3.8, 4) is 0 Å². The van der Waals surface area contributed by atoms with Crippen molar-refractivity contribution in [2.24, 2.45) is 5.73 Å². The van der Waals surface area contributed by atoms with Crippen molar-refractivity contribution in [3.05, 3.63) is 45.8 Å². The van der Waals surface area contributed by atoms with Crippen LogP contribution >= 0.6 is 15.9 Å². The Bertz CT molecular complexity index is 515. The third-order valence-corrected chi connectivity index (χ3v) is 2.81. The van der Waals surface area contributed by atoms with E-state index in [2.05, 4.69) is 26.1 Å². The molecule has 0 spiro atoms. The van der Waals surface area contributed by atoms with E-state index in [1.807, 2.05) is 0 Å². The largest absolute Gasteiger partial charge is 0.340 e. The lowest BCUT2D eigenvalue weighted by Gasteiger charge is -2.09. The number of nitrogens with zero attached hydrogens (tertiary/aromatic N) is 2. The van der Waals surface area contributed by atoms with Crippen LogP contribution in [0.25, 0.3) is 0 Å². The van der Waals surface area contributed by atoms with Gasteiger partial charge in [-0.05, 0) is 17.7 Å². The first-order valence-corrected chi connectivity index (χ1v) is 5.38. The Hall–Kier alpha value is -1.27. The van der Waals surface area contributed by atoms with E-state index in [1.54, 1.807) is 13.0 Å². The van der Waals surface area contributed by atoms with Gasteiger partial charge in [-0.1, -0.05) is 27.2 Å². The maximum absolute atomic E-state index is 12.9. The van der Waals surface area contributed by atoms with Gasteiger partial charge in [-0.2, -0.15) is 4.98 Å². The van der Waals surface area contributed by atoms with E-state index < -0.39 is 6.04 Å². The molecule has 0 saturated carbocycles. The fourth-order valence-corrected chi connectivity index (χ4v) is 1.93. The van der Waals surface area contributed by atoms with Crippen LogP contribution in [0.2, 0.25) is 0 Å². The maximum atomic E-state index is 12.9. The number of hydrogen-bond acceptors (Lipinski definition) is 4. The first kappa shape index (κ1) is 11.2. The molecule has 0 bridgehead atoms. The van der Waals surface area contributed by atoms with Crippen LogP contribution in [-0.4, -0.2) is 10.1 Å². The second kappa shape index (κ2) is 4.31. The second-order valence-electron chi connectivity index (χ2n) is 3.32. The molecule has 2 N–H and O–H groups in total. The van der Waals surface area contributed by atoms with Gasteiger partial charge >= 0.3 is 0 Å². The molecule has 0 radical (unpaired) electrons. The second-order valence-corrected chi connectivity index (χ2v) is 4.17. The Labute approximate surface area is 99.8 Å². The molecule has 6 heteroatoms. The number of nitrogens with two attached hydrogens (primary N) is 1. The standard InChI is InChI=1S/C10H9BrFN3O/c1-5-14-10(15-16-5)9(13)7-3-2-6(12)4-8(7)11/h2-4,9H,13H2,1H3. The molecule has 0 amide bonds. The summed E-state index contributed by atoms with van der Waals surface area (Å²) in [5, 5.41) is 3.73. The van der Waals surface area contributed by atoms with E-state index in [9.17, 15) is 4.39 Å². The predicted octanol–water partition coefficient (Wildman–Crippen LogP) is 2.33. The molecule has 1 atom stereocenters. The molecular weight excluding hydrogens is 277 g/mol. The first-order valence-electron chi connectivity index (χ1n) is 4.58. The zero-order valence-corrected chi connectivity index (χ0v) is 10.0. The Morgan fingerprint density at radius 3 is 2.81 bits per heavy atom.